The summed E-state index contributed by atoms with van der Waals surface area (Å²) in [6, 6.07) is 0. The third kappa shape index (κ3) is 2.23. The van der Waals surface area contributed by atoms with Crippen molar-refractivity contribution in [3.05, 3.63) is 22.8 Å². The van der Waals surface area contributed by atoms with Crippen molar-refractivity contribution in [3.8, 4) is 0 Å². The summed E-state index contributed by atoms with van der Waals surface area (Å²) in [6.45, 7) is 1.32. The Morgan fingerprint density at radius 2 is 1.80 bits per heavy atom. The fourth-order valence-electron chi connectivity index (χ4n) is 1.40. The summed E-state index contributed by atoms with van der Waals surface area (Å²) < 4.78 is 0. The van der Waals surface area contributed by atoms with Gasteiger partial charge in [0.25, 0.3) is 0 Å². The van der Waals surface area contributed by atoms with Crippen LogP contribution in [0.25, 0.3) is 0 Å². The van der Waals surface area contributed by atoms with Crippen LogP contribution in [0.5, 0.6) is 0 Å². The molecule has 0 aromatic heterocycles. The lowest BCUT2D eigenvalue weighted by Gasteiger charge is -2.25. The maximum absolute atomic E-state index is 10.7. The van der Waals surface area contributed by atoms with Crippen molar-refractivity contribution in [2.75, 3.05) is 0 Å². The summed E-state index contributed by atoms with van der Waals surface area (Å²) in [7, 11) is 0. The Balaban J connectivity index is 3.30. The standard InChI is InChI=1S/C9H10O6/c1-4-5(7(10)11)2-9(14,15)3-6(4)8(12)13/h2,14-15H,3H2,1H3,(H,10,11)(H,12,13). The molecule has 1 aliphatic carbocycles. The van der Waals surface area contributed by atoms with Gasteiger partial charge in [0.15, 0.2) is 5.79 Å². The summed E-state index contributed by atoms with van der Waals surface area (Å²) >= 11 is 0. The summed E-state index contributed by atoms with van der Waals surface area (Å²) in [5.74, 6) is -5.16. The number of carboxylic acids is 2. The van der Waals surface area contributed by atoms with E-state index in [0.717, 1.165) is 6.08 Å². The summed E-state index contributed by atoms with van der Waals surface area (Å²) in [5.41, 5.74) is -0.669. The van der Waals surface area contributed by atoms with E-state index in [0.29, 0.717) is 0 Å². The zero-order chi connectivity index (χ0) is 11.8. The van der Waals surface area contributed by atoms with Gasteiger partial charge in [-0.15, -0.1) is 0 Å². The molecule has 0 heterocycles. The van der Waals surface area contributed by atoms with Gasteiger partial charge >= 0.3 is 11.9 Å². The molecular formula is C9H10O6. The minimum Gasteiger partial charge on any atom is -0.478 e. The van der Waals surface area contributed by atoms with Gasteiger partial charge in [-0.3, -0.25) is 0 Å². The lowest BCUT2D eigenvalue weighted by molar-refractivity contribution is -0.141. The topological polar surface area (TPSA) is 115 Å². The van der Waals surface area contributed by atoms with Gasteiger partial charge < -0.3 is 20.4 Å². The molecule has 0 spiro atoms. The monoisotopic (exact) mass is 214 g/mol. The molecular weight excluding hydrogens is 204 g/mol. The first-order valence-electron chi connectivity index (χ1n) is 4.09. The number of carbonyl (C=O) groups is 2. The minimum atomic E-state index is -2.42. The van der Waals surface area contributed by atoms with E-state index in [2.05, 4.69) is 0 Å². The Hall–Kier alpha value is -1.66. The van der Waals surface area contributed by atoms with E-state index in [4.69, 9.17) is 10.2 Å². The number of hydrogen-bond acceptors (Lipinski definition) is 4. The quantitative estimate of drug-likeness (QED) is 0.460. The average Bonchev–Trinajstić information content (AvgIpc) is 2.07. The molecule has 4 N–H and O–H groups in total. The van der Waals surface area contributed by atoms with Crippen LogP contribution in [0, 0.1) is 0 Å². The van der Waals surface area contributed by atoms with Gasteiger partial charge in [-0.2, -0.15) is 0 Å². The fourth-order valence-corrected chi connectivity index (χ4v) is 1.40. The summed E-state index contributed by atoms with van der Waals surface area (Å²) in [4.78, 5) is 21.4. The highest BCUT2D eigenvalue weighted by atomic mass is 16.5. The van der Waals surface area contributed by atoms with Gasteiger partial charge in [-0.05, 0) is 18.6 Å². The second-order valence-electron chi connectivity index (χ2n) is 3.33. The summed E-state index contributed by atoms with van der Waals surface area (Å²) in [6.07, 6.45) is 0.210. The molecule has 6 nitrogen and oxygen atoms in total. The van der Waals surface area contributed by atoms with Gasteiger partial charge in [0.05, 0.1) is 5.57 Å². The second-order valence-corrected chi connectivity index (χ2v) is 3.33. The molecule has 0 atom stereocenters. The van der Waals surface area contributed by atoms with Crippen LogP contribution in [0.4, 0.5) is 0 Å². The van der Waals surface area contributed by atoms with E-state index < -0.39 is 29.7 Å². The highest BCUT2D eigenvalue weighted by Gasteiger charge is 2.34. The molecule has 0 amide bonds. The number of rotatable bonds is 2. The lowest BCUT2D eigenvalue weighted by Crippen LogP contribution is -2.33. The number of carboxylic acid groups (broad SMARTS) is 2. The second kappa shape index (κ2) is 3.48. The molecule has 0 radical (unpaired) electrons. The van der Waals surface area contributed by atoms with Crippen LogP contribution in [0.2, 0.25) is 0 Å². The van der Waals surface area contributed by atoms with Gasteiger partial charge in [0.1, 0.15) is 0 Å². The maximum Gasteiger partial charge on any atom is 0.335 e. The number of aliphatic hydroxyl groups is 2. The van der Waals surface area contributed by atoms with Crippen LogP contribution in [0.15, 0.2) is 22.8 Å². The van der Waals surface area contributed by atoms with Gasteiger partial charge in [0, 0.05) is 12.0 Å². The fraction of sp³-hybridized carbons (Fsp3) is 0.333. The van der Waals surface area contributed by atoms with Crippen molar-refractivity contribution in [1.29, 1.82) is 0 Å². The number of aliphatic carboxylic acids is 2. The van der Waals surface area contributed by atoms with Crippen LogP contribution >= 0.6 is 0 Å². The number of hydrogen-bond donors (Lipinski definition) is 4. The van der Waals surface area contributed by atoms with Gasteiger partial charge in [-0.1, -0.05) is 0 Å². The van der Waals surface area contributed by atoms with Crippen molar-refractivity contribution in [2.45, 2.75) is 19.1 Å². The molecule has 0 bridgehead atoms. The Morgan fingerprint density at radius 1 is 1.27 bits per heavy atom. The largest absolute Gasteiger partial charge is 0.478 e. The van der Waals surface area contributed by atoms with Gasteiger partial charge in [0.2, 0.25) is 0 Å². The molecule has 0 fully saturated rings. The van der Waals surface area contributed by atoms with Crippen LogP contribution in [-0.2, 0) is 9.59 Å². The third-order valence-electron chi connectivity index (χ3n) is 2.16. The predicted octanol–water partition coefficient (Wildman–Crippen LogP) is -0.517. The van der Waals surface area contributed by atoms with E-state index in [9.17, 15) is 19.8 Å². The first kappa shape index (κ1) is 11.4. The van der Waals surface area contributed by atoms with Crippen molar-refractivity contribution in [1.82, 2.24) is 0 Å². The maximum atomic E-state index is 10.7. The van der Waals surface area contributed by atoms with Crippen LogP contribution in [-0.4, -0.2) is 38.2 Å². The molecule has 0 aromatic rings. The molecule has 0 unspecified atom stereocenters. The van der Waals surface area contributed by atoms with Gasteiger partial charge in [-0.25, -0.2) is 9.59 Å². The van der Waals surface area contributed by atoms with Crippen molar-refractivity contribution in [3.63, 3.8) is 0 Å². The Bertz CT molecular complexity index is 387. The summed E-state index contributed by atoms with van der Waals surface area (Å²) in [5, 5.41) is 36.0. The lowest BCUT2D eigenvalue weighted by atomic mass is 9.88. The zero-order valence-electron chi connectivity index (χ0n) is 7.89. The molecule has 0 saturated carbocycles. The first-order chi connectivity index (χ1) is 6.74. The van der Waals surface area contributed by atoms with Crippen molar-refractivity contribution >= 4 is 11.9 Å². The molecule has 0 aromatic carbocycles. The molecule has 15 heavy (non-hydrogen) atoms. The van der Waals surface area contributed by atoms with Crippen LogP contribution < -0.4 is 0 Å². The van der Waals surface area contributed by atoms with E-state index in [1.807, 2.05) is 0 Å². The van der Waals surface area contributed by atoms with E-state index in [1.54, 1.807) is 0 Å². The van der Waals surface area contributed by atoms with Crippen molar-refractivity contribution < 1.29 is 30.0 Å². The highest BCUT2D eigenvalue weighted by Crippen LogP contribution is 2.30. The van der Waals surface area contributed by atoms with Crippen molar-refractivity contribution in [2.24, 2.45) is 0 Å². The Labute approximate surface area is 84.8 Å². The zero-order valence-corrected chi connectivity index (χ0v) is 7.89. The molecule has 1 aliphatic rings. The Kier molecular flexibility index (Phi) is 2.65. The normalized spacial score (nSPS) is 19.8. The molecule has 82 valence electrons. The molecule has 6 heteroatoms. The molecule has 0 saturated heterocycles. The van der Waals surface area contributed by atoms with Crippen LogP contribution in [0.1, 0.15) is 13.3 Å². The minimum absolute atomic E-state index is 0.0359. The van der Waals surface area contributed by atoms with E-state index in [-0.39, 0.29) is 11.1 Å². The smallest absolute Gasteiger partial charge is 0.335 e. The predicted molar refractivity (Wildman–Crippen MR) is 47.8 cm³/mol. The molecule has 0 aliphatic heterocycles. The Morgan fingerprint density at radius 3 is 2.20 bits per heavy atom. The average molecular weight is 214 g/mol. The molecule has 1 rings (SSSR count). The third-order valence-corrected chi connectivity index (χ3v) is 2.16. The van der Waals surface area contributed by atoms with E-state index in [1.165, 1.54) is 6.92 Å². The highest BCUT2D eigenvalue weighted by molar-refractivity contribution is 5.98. The van der Waals surface area contributed by atoms with Crippen LogP contribution in [0.3, 0.4) is 0 Å². The van der Waals surface area contributed by atoms with E-state index >= 15 is 0 Å². The SMILES string of the molecule is CC1=C(C(=O)O)CC(O)(O)C=C1C(=O)O. The first-order valence-corrected chi connectivity index (χ1v) is 4.09.